The molecule has 0 aromatic heterocycles. The van der Waals surface area contributed by atoms with Gasteiger partial charge in [0.05, 0.1) is 6.61 Å². The summed E-state index contributed by atoms with van der Waals surface area (Å²) in [6.45, 7) is 3.45. The van der Waals surface area contributed by atoms with Gasteiger partial charge >= 0.3 is 5.97 Å². The van der Waals surface area contributed by atoms with E-state index in [9.17, 15) is 9.36 Å². The summed E-state index contributed by atoms with van der Waals surface area (Å²) in [5, 5.41) is 0. The van der Waals surface area contributed by atoms with Crippen LogP contribution in [0.5, 0.6) is 5.75 Å². The van der Waals surface area contributed by atoms with E-state index < -0.39 is 25.8 Å². The minimum absolute atomic E-state index is 0.236. The molecule has 1 aromatic rings. The van der Waals surface area contributed by atoms with E-state index in [0.717, 1.165) is 0 Å². The number of benzene rings is 1. The molecule has 1 rings (SSSR count). The molecule has 0 saturated carbocycles. The molecule has 18 heavy (non-hydrogen) atoms. The number of para-hydroxylation sites is 1. The van der Waals surface area contributed by atoms with Crippen LogP contribution in [0.3, 0.4) is 0 Å². The fourth-order valence-electron chi connectivity index (χ4n) is 1.30. The van der Waals surface area contributed by atoms with Crippen molar-refractivity contribution in [1.82, 2.24) is 0 Å². The number of nitrogens with two attached hydrogens (primary N) is 1. The van der Waals surface area contributed by atoms with Gasteiger partial charge in [-0.25, -0.2) is 0 Å². The zero-order valence-corrected chi connectivity index (χ0v) is 11.2. The Morgan fingerprint density at radius 1 is 1.44 bits per heavy atom. The molecule has 5 nitrogen and oxygen atoms in total. The number of rotatable bonds is 6. The Labute approximate surface area is 107 Å². The highest BCUT2D eigenvalue weighted by molar-refractivity contribution is 7.25. The Morgan fingerprint density at radius 3 is 2.56 bits per heavy atom. The molecule has 6 heteroatoms. The van der Waals surface area contributed by atoms with Crippen molar-refractivity contribution in [2.24, 2.45) is 11.7 Å². The third-order valence-corrected chi connectivity index (χ3v) is 3.19. The largest absolute Gasteiger partial charge is 0.466 e. The zero-order chi connectivity index (χ0) is 13.6. The van der Waals surface area contributed by atoms with Crippen molar-refractivity contribution < 1.29 is 18.8 Å². The quantitative estimate of drug-likeness (QED) is 0.486. The Bertz CT molecular complexity index is 412. The Kier molecular flexibility index (Phi) is 5.25. The van der Waals surface area contributed by atoms with Crippen LogP contribution in [-0.4, -0.2) is 18.0 Å². The third-order valence-electron chi connectivity index (χ3n) is 2.43. The number of ether oxygens (including phenoxy) is 2. The van der Waals surface area contributed by atoms with Crippen molar-refractivity contribution in [1.29, 1.82) is 0 Å². The first-order chi connectivity index (χ1) is 8.53. The summed E-state index contributed by atoms with van der Waals surface area (Å²) in [6, 6.07) is 8.67. The van der Waals surface area contributed by atoms with Crippen molar-refractivity contribution >= 4 is 14.4 Å². The van der Waals surface area contributed by atoms with E-state index in [1.165, 1.54) is 6.92 Å². The SMILES string of the molecule is CCOC(=O)C(C)C(N)(Oc1ccccc1)P=O. The van der Waals surface area contributed by atoms with E-state index >= 15 is 0 Å². The summed E-state index contributed by atoms with van der Waals surface area (Å²) in [6.07, 6.45) is 0. The van der Waals surface area contributed by atoms with Crippen molar-refractivity contribution in [3.63, 3.8) is 0 Å². The van der Waals surface area contributed by atoms with Gasteiger partial charge in [-0.05, 0) is 26.0 Å². The minimum Gasteiger partial charge on any atom is -0.466 e. The maximum atomic E-state index is 11.6. The van der Waals surface area contributed by atoms with Crippen LogP contribution in [0.25, 0.3) is 0 Å². The smallest absolute Gasteiger partial charge is 0.315 e. The van der Waals surface area contributed by atoms with Crippen LogP contribution in [0, 0.1) is 5.92 Å². The fourth-order valence-corrected chi connectivity index (χ4v) is 1.71. The van der Waals surface area contributed by atoms with Crippen molar-refractivity contribution in [2.75, 3.05) is 6.61 Å². The third kappa shape index (κ3) is 3.52. The van der Waals surface area contributed by atoms with Gasteiger partial charge in [0.1, 0.15) is 11.7 Å². The normalized spacial score (nSPS) is 15.7. The summed E-state index contributed by atoms with van der Waals surface area (Å²) < 4.78 is 21.5. The lowest BCUT2D eigenvalue weighted by atomic mass is 10.1. The molecule has 0 aliphatic rings. The molecular weight excluding hydrogens is 253 g/mol. The molecule has 1 aromatic carbocycles. The molecule has 0 heterocycles. The van der Waals surface area contributed by atoms with Crippen molar-refractivity contribution in [2.45, 2.75) is 19.3 Å². The first kappa shape index (κ1) is 14.6. The monoisotopic (exact) mass is 269 g/mol. The van der Waals surface area contributed by atoms with Crippen molar-refractivity contribution in [3.05, 3.63) is 30.3 Å². The maximum Gasteiger partial charge on any atom is 0.315 e. The molecule has 2 unspecified atom stereocenters. The summed E-state index contributed by atoms with van der Waals surface area (Å²) in [5.74, 6) is -0.949. The molecule has 0 aliphatic heterocycles. The van der Waals surface area contributed by atoms with Gasteiger partial charge in [-0.15, -0.1) is 0 Å². The molecule has 0 saturated heterocycles. The lowest BCUT2D eigenvalue weighted by Gasteiger charge is -2.28. The zero-order valence-electron chi connectivity index (χ0n) is 10.3. The van der Waals surface area contributed by atoms with Gasteiger partial charge < -0.3 is 9.47 Å². The van der Waals surface area contributed by atoms with E-state index in [1.807, 2.05) is 6.07 Å². The molecule has 2 atom stereocenters. The summed E-state index contributed by atoms with van der Waals surface area (Å²) in [7, 11) is -0.478. The number of hydrogen-bond acceptors (Lipinski definition) is 5. The lowest BCUT2D eigenvalue weighted by Crippen LogP contribution is -2.49. The van der Waals surface area contributed by atoms with Crippen LogP contribution in [0.4, 0.5) is 0 Å². The lowest BCUT2D eigenvalue weighted by molar-refractivity contribution is -0.151. The standard InChI is InChI=1S/C12H16NO4P/c1-3-16-11(14)9(2)12(13,18-15)17-10-7-5-4-6-8-10/h4-9H,3,13H2,1-2H3. The number of hydrogen-bond donors (Lipinski definition) is 1. The fraction of sp³-hybridized carbons (Fsp3) is 0.417. The Balaban J connectivity index is 2.85. The van der Waals surface area contributed by atoms with Crippen LogP contribution in [-0.2, 0) is 14.1 Å². The van der Waals surface area contributed by atoms with E-state index in [1.54, 1.807) is 31.2 Å². The first-order valence-corrected chi connectivity index (χ1v) is 6.38. The molecule has 98 valence electrons. The van der Waals surface area contributed by atoms with Gasteiger partial charge in [-0.1, -0.05) is 18.2 Å². The van der Waals surface area contributed by atoms with Gasteiger partial charge in [0.15, 0.2) is 0 Å². The second kappa shape index (κ2) is 6.47. The highest BCUT2D eigenvalue weighted by Gasteiger charge is 2.41. The van der Waals surface area contributed by atoms with E-state index in [0.29, 0.717) is 5.75 Å². The molecular formula is C12H16NO4P. The van der Waals surface area contributed by atoms with Crippen LogP contribution in [0.1, 0.15) is 13.8 Å². The second-order valence-corrected chi connectivity index (χ2v) is 4.61. The molecule has 0 radical (unpaired) electrons. The van der Waals surface area contributed by atoms with Crippen LogP contribution >= 0.6 is 8.46 Å². The molecule has 0 aliphatic carbocycles. The van der Waals surface area contributed by atoms with E-state index in [2.05, 4.69) is 0 Å². The average molecular weight is 269 g/mol. The summed E-state index contributed by atoms with van der Waals surface area (Å²) in [4.78, 5) is 11.6. The number of carbonyl (C=O) groups excluding carboxylic acids is 1. The first-order valence-electron chi connectivity index (χ1n) is 5.57. The van der Waals surface area contributed by atoms with Gasteiger partial charge in [-0.2, -0.15) is 0 Å². The summed E-state index contributed by atoms with van der Waals surface area (Å²) in [5.41, 5.74) is 4.22. The predicted molar refractivity (Wildman–Crippen MR) is 67.4 cm³/mol. The molecule has 0 amide bonds. The highest BCUT2D eigenvalue weighted by atomic mass is 31.1. The van der Waals surface area contributed by atoms with Crippen LogP contribution in [0.2, 0.25) is 0 Å². The Morgan fingerprint density at radius 2 is 2.06 bits per heavy atom. The maximum absolute atomic E-state index is 11.6. The molecule has 0 spiro atoms. The minimum atomic E-state index is -1.63. The molecule has 0 fully saturated rings. The highest BCUT2D eigenvalue weighted by Crippen LogP contribution is 2.30. The average Bonchev–Trinajstić information content (AvgIpc) is 2.39. The topological polar surface area (TPSA) is 78.6 Å². The Hall–Kier alpha value is -1.45. The van der Waals surface area contributed by atoms with Crippen LogP contribution < -0.4 is 10.5 Å². The van der Waals surface area contributed by atoms with Gasteiger partial charge in [-0.3, -0.25) is 15.1 Å². The number of carbonyl (C=O) groups is 1. The van der Waals surface area contributed by atoms with E-state index in [-0.39, 0.29) is 6.61 Å². The van der Waals surface area contributed by atoms with Crippen molar-refractivity contribution in [3.8, 4) is 5.75 Å². The predicted octanol–water partition coefficient (Wildman–Crippen LogP) is 2.17. The molecule has 0 bridgehead atoms. The summed E-state index contributed by atoms with van der Waals surface area (Å²) >= 11 is 0. The van der Waals surface area contributed by atoms with Gasteiger partial charge in [0.25, 0.3) is 5.47 Å². The van der Waals surface area contributed by atoms with Gasteiger partial charge in [0.2, 0.25) is 8.46 Å². The second-order valence-electron chi connectivity index (χ2n) is 3.73. The number of esters is 1. The molecule has 2 N–H and O–H groups in total. The van der Waals surface area contributed by atoms with Crippen LogP contribution in [0.15, 0.2) is 30.3 Å². The van der Waals surface area contributed by atoms with Gasteiger partial charge in [0, 0.05) is 0 Å². The van der Waals surface area contributed by atoms with E-state index in [4.69, 9.17) is 15.2 Å².